The van der Waals surface area contributed by atoms with Crippen molar-refractivity contribution in [2.45, 2.75) is 57.8 Å². The van der Waals surface area contributed by atoms with Crippen LogP contribution in [0.3, 0.4) is 0 Å². The molecule has 1 amide bonds. The maximum atomic E-state index is 11.4. The van der Waals surface area contributed by atoms with Gasteiger partial charge in [0, 0.05) is 18.6 Å². The largest absolute Gasteiger partial charge is 0.453 e. The molecule has 3 aliphatic carbocycles. The van der Waals surface area contributed by atoms with Crippen LogP contribution in [0.2, 0.25) is 0 Å². The SMILES string of the molecule is COC(=O)NC(C)C12CCC(C(O)OC)(CC1)CC2. The molecule has 3 saturated carbocycles. The van der Waals surface area contributed by atoms with Gasteiger partial charge in [0.25, 0.3) is 0 Å². The Kier molecular flexibility index (Phi) is 4.06. The molecule has 0 aromatic heterocycles. The minimum atomic E-state index is -0.658. The van der Waals surface area contributed by atoms with Crippen LogP contribution in [-0.2, 0) is 9.47 Å². The first kappa shape index (κ1) is 14.6. The van der Waals surface area contributed by atoms with E-state index in [1.807, 2.05) is 0 Å². The lowest BCUT2D eigenvalue weighted by Crippen LogP contribution is -2.55. The fourth-order valence-corrected chi connectivity index (χ4v) is 3.90. The number of carbonyl (C=O) groups is 1. The summed E-state index contributed by atoms with van der Waals surface area (Å²) < 4.78 is 9.83. The van der Waals surface area contributed by atoms with Gasteiger partial charge in [-0.1, -0.05) is 0 Å². The number of fused-ring (bicyclic) bond motifs is 3. The number of aliphatic hydroxyl groups excluding tert-OH is 1. The number of hydrogen-bond acceptors (Lipinski definition) is 4. The molecular weight excluding hydrogens is 246 g/mol. The van der Waals surface area contributed by atoms with E-state index in [9.17, 15) is 9.90 Å². The van der Waals surface area contributed by atoms with Crippen LogP contribution in [-0.4, -0.2) is 37.8 Å². The first-order valence-electron chi connectivity index (χ1n) is 7.03. The van der Waals surface area contributed by atoms with Crippen molar-refractivity contribution in [1.82, 2.24) is 5.32 Å². The van der Waals surface area contributed by atoms with E-state index in [1.54, 1.807) is 7.11 Å². The lowest BCUT2D eigenvalue weighted by molar-refractivity contribution is -0.203. The molecule has 2 N–H and O–H groups in total. The highest BCUT2D eigenvalue weighted by Crippen LogP contribution is 2.59. The maximum Gasteiger partial charge on any atom is 0.407 e. The summed E-state index contributed by atoms with van der Waals surface area (Å²) >= 11 is 0. The molecule has 0 aromatic carbocycles. The van der Waals surface area contributed by atoms with Crippen molar-refractivity contribution in [3.63, 3.8) is 0 Å². The van der Waals surface area contributed by atoms with Crippen LogP contribution in [0.4, 0.5) is 4.79 Å². The van der Waals surface area contributed by atoms with Crippen LogP contribution in [0.25, 0.3) is 0 Å². The predicted octanol–water partition coefficient (Wildman–Crippen LogP) is 2.04. The van der Waals surface area contributed by atoms with Crippen LogP contribution in [0, 0.1) is 10.8 Å². The van der Waals surface area contributed by atoms with Crippen molar-refractivity contribution < 1.29 is 19.4 Å². The third-order valence-corrected chi connectivity index (χ3v) is 5.55. The van der Waals surface area contributed by atoms with Gasteiger partial charge in [-0.25, -0.2) is 4.79 Å². The molecule has 0 spiro atoms. The summed E-state index contributed by atoms with van der Waals surface area (Å²) in [6.45, 7) is 2.06. The first-order chi connectivity index (χ1) is 8.98. The second kappa shape index (κ2) is 5.29. The molecule has 0 saturated heterocycles. The Bertz CT molecular complexity index is 320. The Morgan fingerprint density at radius 3 is 2.00 bits per heavy atom. The van der Waals surface area contributed by atoms with Gasteiger partial charge in [-0.15, -0.1) is 0 Å². The summed E-state index contributed by atoms with van der Waals surface area (Å²) in [6, 6.07) is 0.109. The number of alkyl carbamates (subject to hydrolysis) is 1. The van der Waals surface area contributed by atoms with E-state index < -0.39 is 6.29 Å². The molecule has 2 bridgehead atoms. The van der Waals surface area contributed by atoms with Crippen molar-refractivity contribution in [3.05, 3.63) is 0 Å². The Balaban J connectivity index is 2.02. The molecular formula is C14H25NO4. The summed E-state index contributed by atoms with van der Waals surface area (Å²) in [5.74, 6) is 0. The van der Waals surface area contributed by atoms with Gasteiger partial charge < -0.3 is 19.9 Å². The highest BCUT2D eigenvalue weighted by molar-refractivity contribution is 5.67. The van der Waals surface area contributed by atoms with E-state index in [1.165, 1.54) is 7.11 Å². The zero-order valence-electron chi connectivity index (χ0n) is 12.1. The van der Waals surface area contributed by atoms with E-state index in [0.717, 1.165) is 38.5 Å². The Hall–Kier alpha value is -0.810. The minimum Gasteiger partial charge on any atom is -0.453 e. The smallest absolute Gasteiger partial charge is 0.407 e. The van der Waals surface area contributed by atoms with Crippen LogP contribution in [0.5, 0.6) is 0 Å². The molecule has 0 aliphatic heterocycles. The monoisotopic (exact) mass is 271 g/mol. The average Bonchev–Trinajstić information content (AvgIpc) is 2.47. The summed E-state index contributed by atoms with van der Waals surface area (Å²) in [7, 11) is 2.96. The quantitative estimate of drug-likeness (QED) is 0.768. The number of carbonyl (C=O) groups excluding carboxylic acids is 1. The van der Waals surface area contributed by atoms with Crippen molar-refractivity contribution in [3.8, 4) is 0 Å². The number of aliphatic hydroxyl groups is 1. The van der Waals surface area contributed by atoms with Crippen molar-refractivity contribution >= 4 is 6.09 Å². The first-order valence-corrected chi connectivity index (χ1v) is 7.03. The molecule has 5 heteroatoms. The van der Waals surface area contributed by atoms with Gasteiger partial charge in [0.15, 0.2) is 6.29 Å². The third-order valence-electron chi connectivity index (χ3n) is 5.55. The van der Waals surface area contributed by atoms with Gasteiger partial charge >= 0.3 is 6.09 Å². The van der Waals surface area contributed by atoms with E-state index in [-0.39, 0.29) is 23.0 Å². The van der Waals surface area contributed by atoms with Crippen LogP contribution in [0.1, 0.15) is 45.4 Å². The van der Waals surface area contributed by atoms with Gasteiger partial charge in [-0.2, -0.15) is 0 Å². The Morgan fingerprint density at radius 1 is 1.11 bits per heavy atom. The molecule has 0 aromatic rings. The van der Waals surface area contributed by atoms with Crippen LogP contribution >= 0.6 is 0 Å². The third kappa shape index (κ3) is 2.46. The molecule has 3 rings (SSSR count). The van der Waals surface area contributed by atoms with Crippen molar-refractivity contribution in [2.75, 3.05) is 14.2 Å². The van der Waals surface area contributed by atoms with Gasteiger partial charge in [-0.05, 0) is 50.9 Å². The Labute approximate surface area is 114 Å². The van der Waals surface area contributed by atoms with E-state index in [2.05, 4.69) is 17.0 Å². The summed E-state index contributed by atoms with van der Waals surface area (Å²) in [5, 5.41) is 13.0. The second-order valence-electron chi connectivity index (χ2n) is 6.17. The van der Waals surface area contributed by atoms with Crippen molar-refractivity contribution in [1.29, 1.82) is 0 Å². The zero-order chi connectivity index (χ0) is 14.1. The molecule has 5 nitrogen and oxygen atoms in total. The van der Waals surface area contributed by atoms with Crippen molar-refractivity contribution in [2.24, 2.45) is 10.8 Å². The summed E-state index contributed by atoms with van der Waals surface area (Å²) in [5.41, 5.74) is 0.0882. The van der Waals surface area contributed by atoms with Gasteiger partial charge in [0.1, 0.15) is 0 Å². The van der Waals surface area contributed by atoms with E-state index in [4.69, 9.17) is 4.74 Å². The van der Waals surface area contributed by atoms with Gasteiger partial charge in [-0.3, -0.25) is 0 Å². The lowest BCUT2D eigenvalue weighted by Gasteiger charge is -2.56. The number of hydrogen-bond donors (Lipinski definition) is 2. The van der Waals surface area contributed by atoms with Gasteiger partial charge in [0.05, 0.1) is 7.11 Å². The van der Waals surface area contributed by atoms with E-state index in [0.29, 0.717) is 0 Å². The normalized spacial score (nSPS) is 36.6. The second-order valence-corrected chi connectivity index (χ2v) is 6.17. The summed E-state index contributed by atoms with van der Waals surface area (Å²) in [4.78, 5) is 11.4. The lowest BCUT2D eigenvalue weighted by atomic mass is 9.51. The number of nitrogens with one attached hydrogen (secondary N) is 1. The molecule has 3 aliphatic rings. The number of rotatable bonds is 4. The predicted molar refractivity (Wildman–Crippen MR) is 70.6 cm³/mol. The molecule has 2 atom stereocenters. The molecule has 2 unspecified atom stereocenters. The molecule has 0 radical (unpaired) electrons. The van der Waals surface area contributed by atoms with Crippen LogP contribution < -0.4 is 5.32 Å². The molecule has 0 heterocycles. The van der Waals surface area contributed by atoms with Gasteiger partial charge in [0.2, 0.25) is 0 Å². The van der Waals surface area contributed by atoms with E-state index >= 15 is 0 Å². The fourth-order valence-electron chi connectivity index (χ4n) is 3.90. The topological polar surface area (TPSA) is 67.8 Å². The Morgan fingerprint density at radius 2 is 1.58 bits per heavy atom. The fraction of sp³-hybridized carbons (Fsp3) is 0.929. The molecule has 19 heavy (non-hydrogen) atoms. The maximum absolute atomic E-state index is 11.4. The molecule has 110 valence electrons. The highest BCUT2D eigenvalue weighted by Gasteiger charge is 2.54. The summed E-state index contributed by atoms with van der Waals surface area (Å²) in [6.07, 6.45) is 4.96. The minimum absolute atomic E-state index is 0.0680. The average molecular weight is 271 g/mol. The number of methoxy groups -OCH3 is 2. The zero-order valence-corrected chi connectivity index (χ0v) is 12.1. The highest BCUT2D eigenvalue weighted by atomic mass is 16.6. The van der Waals surface area contributed by atoms with Crippen LogP contribution in [0.15, 0.2) is 0 Å². The number of amides is 1. The molecule has 3 fully saturated rings. The standard InChI is InChI=1S/C14H25NO4/c1-10(15-12(17)19-3)13-4-7-14(8-5-13,9-6-13)11(16)18-2/h10-11,16H,4-9H2,1-3H3,(H,15,17). The number of ether oxygens (including phenoxy) is 2.